The number of amides is 1. The Morgan fingerprint density at radius 3 is 2.57 bits per heavy atom. The molecule has 122 valence electrons. The van der Waals surface area contributed by atoms with E-state index in [-0.39, 0.29) is 5.91 Å². The summed E-state index contributed by atoms with van der Waals surface area (Å²) in [6.45, 7) is 9.16. The van der Waals surface area contributed by atoms with Gasteiger partial charge in [-0.1, -0.05) is 6.92 Å². The molecule has 4 nitrogen and oxygen atoms in total. The van der Waals surface area contributed by atoms with Crippen molar-refractivity contribution < 1.29 is 4.79 Å². The van der Waals surface area contributed by atoms with Crippen LogP contribution in [0, 0.1) is 11.3 Å². The largest absolute Gasteiger partial charge is 0.311 e. The van der Waals surface area contributed by atoms with E-state index in [9.17, 15) is 10.1 Å². The van der Waals surface area contributed by atoms with Crippen LogP contribution in [0.15, 0.2) is 18.2 Å². The first kappa shape index (κ1) is 16.0. The van der Waals surface area contributed by atoms with E-state index in [0.29, 0.717) is 11.6 Å². The molecule has 1 spiro atoms. The first-order valence-corrected chi connectivity index (χ1v) is 8.64. The van der Waals surface area contributed by atoms with Gasteiger partial charge in [0.2, 0.25) is 5.91 Å². The number of hydrogen-bond acceptors (Lipinski definition) is 3. The molecule has 0 bridgehead atoms. The van der Waals surface area contributed by atoms with Crippen molar-refractivity contribution in [2.75, 3.05) is 24.5 Å². The van der Waals surface area contributed by atoms with E-state index in [1.54, 1.807) is 0 Å². The Bertz CT molecular complexity index is 651. The van der Waals surface area contributed by atoms with Crippen LogP contribution in [0.4, 0.5) is 5.69 Å². The molecule has 1 fully saturated rings. The summed E-state index contributed by atoms with van der Waals surface area (Å²) in [5.41, 5.74) is 2.34. The van der Waals surface area contributed by atoms with Gasteiger partial charge in [-0.3, -0.25) is 4.79 Å². The van der Waals surface area contributed by atoms with E-state index >= 15 is 0 Å². The lowest BCUT2D eigenvalue weighted by atomic mass is 9.73. The number of piperidine rings is 1. The van der Waals surface area contributed by atoms with Crippen LogP contribution >= 0.6 is 0 Å². The Labute approximate surface area is 138 Å². The number of nitrogens with zero attached hydrogens (tertiary/aromatic N) is 3. The average Bonchev–Trinajstić information content (AvgIpc) is 2.78. The molecule has 0 aliphatic carbocycles. The molecular formula is C19H25N3O. The number of benzene rings is 1. The standard InChI is InChI=1S/C19H25N3O/c1-4-9-22-17-6-5-15(13-20)12-16(17)19(18(22)23)7-10-21(11-8-19)14(2)3/h5-6,12,14H,4,7-11H2,1-3H3. The second-order valence-electron chi connectivity index (χ2n) is 7.01. The molecule has 0 atom stereocenters. The van der Waals surface area contributed by atoms with Gasteiger partial charge in [-0.25, -0.2) is 0 Å². The van der Waals surface area contributed by atoms with Crippen molar-refractivity contribution in [1.29, 1.82) is 5.26 Å². The molecule has 3 rings (SSSR count). The van der Waals surface area contributed by atoms with Crippen molar-refractivity contribution in [2.45, 2.75) is 51.5 Å². The fraction of sp³-hybridized carbons (Fsp3) is 0.579. The number of carbonyl (C=O) groups excluding carboxylic acids is 1. The number of anilines is 1. The SMILES string of the molecule is CCCN1C(=O)C2(CCN(C(C)C)CC2)c2cc(C#N)ccc21. The summed E-state index contributed by atoms with van der Waals surface area (Å²) in [7, 11) is 0. The van der Waals surface area contributed by atoms with E-state index in [1.807, 2.05) is 23.1 Å². The first-order chi connectivity index (χ1) is 11.0. The van der Waals surface area contributed by atoms with Gasteiger partial charge >= 0.3 is 0 Å². The minimum atomic E-state index is -0.414. The van der Waals surface area contributed by atoms with E-state index < -0.39 is 5.41 Å². The monoisotopic (exact) mass is 311 g/mol. The van der Waals surface area contributed by atoms with E-state index in [4.69, 9.17) is 0 Å². The van der Waals surface area contributed by atoms with E-state index in [1.165, 1.54) is 0 Å². The second-order valence-corrected chi connectivity index (χ2v) is 7.01. The highest BCUT2D eigenvalue weighted by Crippen LogP contribution is 2.48. The predicted molar refractivity (Wildman–Crippen MR) is 91.4 cm³/mol. The third-order valence-corrected chi connectivity index (χ3v) is 5.42. The highest BCUT2D eigenvalue weighted by Gasteiger charge is 2.51. The molecule has 4 heteroatoms. The molecule has 23 heavy (non-hydrogen) atoms. The minimum Gasteiger partial charge on any atom is -0.311 e. The maximum absolute atomic E-state index is 13.2. The summed E-state index contributed by atoms with van der Waals surface area (Å²) in [5.74, 6) is 0.243. The van der Waals surface area contributed by atoms with Crippen LogP contribution in [0.2, 0.25) is 0 Å². The molecule has 0 saturated carbocycles. The van der Waals surface area contributed by atoms with Gasteiger partial charge in [0.25, 0.3) is 0 Å². The zero-order chi connectivity index (χ0) is 16.6. The molecule has 0 unspecified atom stereocenters. The van der Waals surface area contributed by atoms with Crippen molar-refractivity contribution in [1.82, 2.24) is 4.90 Å². The number of hydrogen-bond donors (Lipinski definition) is 0. The summed E-state index contributed by atoms with van der Waals surface area (Å²) in [6, 6.07) is 8.49. The van der Waals surface area contributed by atoms with Crippen LogP contribution < -0.4 is 4.90 Å². The minimum absolute atomic E-state index is 0.243. The summed E-state index contributed by atoms with van der Waals surface area (Å²) in [4.78, 5) is 17.6. The molecule has 2 aliphatic rings. The van der Waals surface area contributed by atoms with Crippen molar-refractivity contribution in [3.05, 3.63) is 29.3 Å². The van der Waals surface area contributed by atoms with Crippen molar-refractivity contribution in [2.24, 2.45) is 0 Å². The number of nitriles is 1. The second kappa shape index (κ2) is 5.98. The topological polar surface area (TPSA) is 47.3 Å². The molecule has 1 aromatic rings. The summed E-state index contributed by atoms with van der Waals surface area (Å²) in [6.07, 6.45) is 2.65. The molecular weight excluding hydrogens is 286 g/mol. The summed E-state index contributed by atoms with van der Waals surface area (Å²) < 4.78 is 0. The fourth-order valence-electron chi connectivity index (χ4n) is 4.06. The van der Waals surface area contributed by atoms with Crippen LogP contribution in [0.1, 0.15) is 51.2 Å². The molecule has 1 amide bonds. The van der Waals surface area contributed by atoms with Gasteiger partial charge in [0, 0.05) is 18.3 Å². The van der Waals surface area contributed by atoms with Gasteiger partial charge in [-0.2, -0.15) is 5.26 Å². The molecule has 1 saturated heterocycles. The quantitative estimate of drug-likeness (QED) is 0.862. The lowest BCUT2D eigenvalue weighted by Gasteiger charge is -2.40. The zero-order valence-corrected chi connectivity index (χ0v) is 14.3. The first-order valence-electron chi connectivity index (χ1n) is 8.64. The van der Waals surface area contributed by atoms with Gasteiger partial charge in [0.1, 0.15) is 0 Å². The Balaban J connectivity index is 2.02. The summed E-state index contributed by atoms with van der Waals surface area (Å²) >= 11 is 0. The van der Waals surface area contributed by atoms with Gasteiger partial charge in [-0.05, 0) is 70.0 Å². The van der Waals surface area contributed by atoms with Crippen LogP contribution in [-0.2, 0) is 10.2 Å². The van der Waals surface area contributed by atoms with Crippen molar-refractivity contribution in [3.63, 3.8) is 0 Å². The number of likely N-dealkylation sites (tertiary alicyclic amines) is 1. The number of rotatable bonds is 3. The summed E-state index contributed by atoms with van der Waals surface area (Å²) in [5, 5.41) is 9.25. The maximum Gasteiger partial charge on any atom is 0.237 e. The van der Waals surface area contributed by atoms with E-state index in [0.717, 1.165) is 50.1 Å². The van der Waals surface area contributed by atoms with E-state index in [2.05, 4.69) is 31.7 Å². The lowest BCUT2D eigenvalue weighted by molar-refractivity contribution is -0.125. The van der Waals surface area contributed by atoms with Gasteiger partial charge < -0.3 is 9.80 Å². The van der Waals surface area contributed by atoms with Crippen LogP contribution in [0.25, 0.3) is 0 Å². The molecule has 0 N–H and O–H groups in total. The Morgan fingerprint density at radius 2 is 2.00 bits per heavy atom. The third-order valence-electron chi connectivity index (χ3n) is 5.42. The maximum atomic E-state index is 13.2. The molecule has 0 aromatic heterocycles. The highest BCUT2D eigenvalue weighted by atomic mass is 16.2. The number of fused-ring (bicyclic) bond motifs is 2. The van der Waals surface area contributed by atoms with Gasteiger partial charge in [0.15, 0.2) is 0 Å². The number of carbonyl (C=O) groups is 1. The zero-order valence-electron chi connectivity index (χ0n) is 14.3. The van der Waals surface area contributed by atoms with Crippen LogP contribution in [0.5, 0.6) is 0 Å². The molecule has 2 aliphatic heterocycles. The average molecular weight is 311 g/mol. The van der Waals surface area contributed by atoms with Gasteiger partial charge in [-0.15, -0.1) is 0 Å². The van der Waals surface area contributed by atoms with Crippen LogP contribution in [-0.4, -0.2) is 36.5 Å². The Morgan fingerprint density at radius 1 is 1.30 bits per heavy atom. The third kappa shape index (κ3) is 2.44. The van der Waals surface area contributed by atoms with Crippen molar-refractivity contribution in [3.8, 4) is 6.07 Å². The Hall–Kier alpha value is -1.86. The fourth-order valence-corrected chi connectivity index (χ4v) is 4.06. The van der Waals surface area contributed by atoms with Crippen molar-refractivity contribution >= 4 is 11.6 Å². The molecule has 2 heterocycles. The predicted octanol–water partition coefficient (Wildman–Crippen LogP) is 3.06. The van der Waals surface area contributed by atoms with Gasteiger partial charge in [0.05, 0.1) is 17.0 Å². The van der Waals surface area contributed by atoms with Crippen LogP contribution in [0.3, 0.4) is 0 Å². The highest BCUT2D eigenvalue weighted by molar-refractivity contribution is 6.08. The smallest absolute Gasteiger partial charge is 0.237 e. The lowest BCUT2D eigenvalue weighted by Crippen LogP contribution is -2.50. The normalized spacial score (nSPS) is 20.1. The molecule has 0 radical (unpaired) electrons. The molecule has 1 aromatic carbocycles. The Kier molecular flexibility index (Phi) is 4.16.